The highest BCUT2D eigenvalue weighted by atomic mass is 35.7. The average Bonchev–Trinajstić information content (AvgIpc) is 2.60. The molecule has 0 N–H and O–H groups in total. The van der Waals surface area contributed by atoms with Crippen LogP contribution in [0.25, 0.3) is 0 Å². The third-order valence-electron chi connectivity index (χ3n) is 7.32. The zero-order chi connectivity index (χ0) is 25.0. The van der Waals surface area contributed by atoms with Gasteiger partial charge in [-0.15, -0.1) is 0 Å². The van der Waals surface area contributed by atoms with Crippen LogP contribution in [0.1, 0.15) is 87.3 Å². The summed E-state index contributed by atoms with van der Waals surface area (Å²) in [6, 6.07) is 18.6. The van der Waals surface area contributed by atoms with Gasteiger partial charge in [0.05, 0.1) is 32.0 Å². The molecular weight excluding hydrogens is 446 g/mol. The van der Waals surface area contributed by atoms with Gasteiger partial charge in [-0.3, -0.25) is 0 Å². The highest BCUT2D eigenvalue weighted by molar-refractivity contribution is 8.14. The first kappa shape index (κ1) is 27.8. The fourth-order valence-electron chi connectivity index (χ4n) is 6.99. The number of halogens is 1. The van der Waals surface area contributed by atoms with Gasteiger partial charge in [-0.2, -0.15) is 0 Å². The fraction of sp³-hybridized carbons (Fsp3) is 0.586. The third-order valence-corrected chi connectivity index (χ3v) is 24.0. The normalized spacial score (nSPS) is 16.1. The predicted molar refractivity (Wildman–Crippen MR) is 155 cm³/mol. The molecule has 1 atom stereocenters. The van der Waals surface area contributed by atoms with E-state index < -0.39 is 13.9 Å². The second kappa shape index (κ2) is 8.67. The zero-order valence-electron chi connectivity index (χ0n) is 22.9. The molecular formula is C29H47ClP2+2. The Kier molecular flexibility index (Phi) is 7.54. The summed E-state index contributed by atoms with van der Waals surface area (Å²) in [7, 11) is -1.92. The van der Waals surface area contributed by atoms with Crippen LogP contribution in [0.4, 0.5) is 0 Å². The zero-order valence-corrected chi connectivity index (χ0v) is 25.4. The summed E-state index contributed by atoms with van der Waals surface area (Å²) in [5.41, 5.74) is 2.60. The Labute approximate surface area is 205 Å². The minimum Gasteiger partial charge on any atom is -0.0554 e. The molecule has 2 rings (SSSR count). The van der Waals surface area contributed by atoms with Crippen LogP contribution >= 0.6 is 25.1 Å². The molecule has 0 aliphatic heterocycles. The van der Waals surface area contributed by atoms with E-state index >= 15 is 0 Å². The Hall–Kier alpha value is -0.410. The molecule has 2 aromatic carbocycles. The second-order valence-electron chi connectivity index (χ2n) is 12.9. The molecule has 0 nitrogen and oxygen atoms in total. The summed E-state index contributed by atoms with van der Waals surface area (Å²) in [5, 5.41) is 2.97. The molecule has 2 aromatic rings. The van der Waals surface area contributed by atoms with Crippen LogP contribution in [0.2, 0.25) is 0 Å². The van der Waals surface area contributed by atoms with Crippen molar-refractivity contribution in [3.8, 4) is 0 Å². The van der Waals surface area contributed by atoms with Crippen LogP contribution in [0.15, 0.2) is 48.5 Å². The number of benzene rings is 2. The molecule has 0 bridgehead atoms. The van der Waals surface area contributed by atoms with Crippen molar-refractivity contribution in [3.05, 3.63) is 59.7 Å². The molecule has 0 aromatic heterocycles. The minimum absolute atomic E-state index is 0.0419. The quantitative estimate of drug-likeness (QED) is 0.372. The number of aryl methyl sites for hydroxylation is 2. The molecule has 32 heavy (non-hydrogen) atoms. The summed E-state index contributed by atoms with van der Waals surface area (Å²) in [5.74, 6) is 0. The van der Waals surface area contributed by atoms with Gasteiger partial charge in [-0.05, 0) is 100 Å². The van der Waals surface area contributed by atoms with Gasteiger partial charge in [0.1, 0.15) is 12.6 Å². The van der Waals surface area contributed by atoms with E-state index in [4.69, 9.17) is 11.2 Å². The summed E-state index contributed by atoms with van der Waals surface area (Å²) >= 11 is 8.20. The lowest BCUT2D eigenvalue weighted by Crippen LogP contribution is -2.54. The van der Waals surface area contributed by atoms with Crippen molar-refractivity contribution < 1.29 is 0 Å². The lowest BCUT2D eigenvalue weighted by atomic mass is 10.2. The second-order valence-corrected chi connectivity index (χ2v) is 24.6. The van der Waals surface area contributed by atoms with Gasteiger partial charge in [-0.25, -0.2) is 0 Å². The highest BCUT2D eigenvalue weighted by Gasteiger charge is 2.80. The molecule has 0 amide bonds. The molecule has 0 radical (unpaired) electrons. The van der Waals surface area contributed by atoms with E-state index in [-0.39, 0.29) is 20.4 Å². The summed E-state index contributed by atoms with van der Waals surface area (Å²) < 4.78 is 0. The van der Waals surface area contributed by atoms with E-state index in [0.717, 1.165) is 0 Å². The van der Waals surface area contributed by atoms with E-state index in [1.54, 1.807) is 0 Å². The summed E-state index contributed by atoms with van der Waals surface area (Å²) in [4.78, 5) is -0.0964. The number of hydrogen-bond acceptors (Lipinski definition) is 0. The van der Waals surface area contributed by atoms with Crippen LogP contribution in [-0.2, 0) is 0 Å². The number of hydrogen-bond donors (Lipinski definition) is 0. The van der Waals surface area contributed by atoms with Crippen molar-refractivity contribution in [2.45, 2.75) is 110 Å². The Bertz CT molecular complexity index is 906. The monoisotopic (exact) mass is 492 g/mol. The third kappa shape index (κ3) is 4.12. The van der Waals surface area contributed by atoms with Crippen LogP contribution in [0.3, 0.4) is 0 Å². The van der Waals surface area contributed by atoms with Crippen LogP contribution < -0.4 is 10.6 Å². The molecule has 0 saturated heterocycles. The molecule has 0 aliphatic rings. The van der Waals surface area contributed by atoms with Crippen molar-refractivity contribution in [2.24, 2.45) is 0 Å². The average molecular weight is 493 g/mol. The summed E-state index contributed by atoms with van der Waals surface area (Å²) in [6.07, 6.45) is 0. The van der Waals surface area contributed by atoms with Crippen molar-refractivity contribution >= 4 is 35.7 Å². The topological polar surface area (TPSA) is 0 Å². The Morgan fingerprint density at radius 3 is 1.09 bits per heavy atom. The van der Waals surface area contributed by atoms with E-state index in [0.29, 0.717) is 0 Å². The Morgan fingerprint density at radius 2 is 0.812 bits per heavy atom. The lowest BCUT2D eigenvalue weighted by molar-refractivity contribution is 0.660. The maximum atomic E-state index is 8.20. The first-order chi connectivity index (χ1) is 14.2. The maximum absolute atomic E-state index is 8.20. The first-order valence-corrected chi connectivity index (χ1v) is 16.4. The SMILES string of the molecule is Cc1ccc([P+](Cl)(C(C)(C)C)C(C)(C)[P+](c2ccc(C)cc2)(C(C)(C)C)C(C)(C)C)cc1. The number of rotatable bonds is 4. The van der Waals surface area contributed by atoms with Gasteiger partial charge in [0.15, 0.2) is 11.5 Å². The summed E-state index contributed by atoms with van der Waals surface area (Å²) in [6.45, 7) is 29.1. The largest absolute Gasteiger partial charge is 0.198 e. The van der Waals surface area contributed by atoms with Crippen LogP contribution in [-0.4, -0.2) is 20.4 Å². The molecule has 0 heterocycles. The van der Waals surface area contributed by atoms with Gasteiger partial charge in [0, 0.05) is 13.8 Å². The molecule has 0 saturated carbocycles. The van der Waals surface area contributed by atoms with Gasteiger partial charge in [0.2, 0.25) is 0 Å². The van der Waals surface area contributed by atoms with Crippen LogP contribution in [0, 0.1) is 13.8 Å². The fourth-order valence-corrected chi connectivity index (χ4v) is 25.1. The molecule has 3 heteroatoms. The van der Waals surface area contributed by atoms with Crippen molar-refractivity contribution in [1.82, 2.24) is 0 Å². The van der Waals surface area contributed by atoms with Crippen molar-refractivity contribution in [3.63, 3.8) is 0 Å². The smallest absolute Gasteiger partial charge is 0.0554 e. The molecule has 1 unspecified atom stereocenters. The predicted octanol–water partition coefficient (Wildman–Crippen LogP) is 9.57. The first-order valence-electron chi connectivity index (χ1n) is 11.9. The van der Waals surface area contributed by atoms with Crippen LogP contribution in [0.5, 0.6) is 0 Å². The molecule has 0 aliphatic carbocycles. The van der Waals surface area contributed by atoms with Gasteiger partial charge >= 0.3 is 0 Å². The van der Waals surface area contributed by atoms with Crippen molar-refractivity contribution in [2.75, 3.05) is 0 Å². The van der Waals surface area contributed by atoms with E-state index in [1.807, 2.05) is 0 Å². The van der Waals surface area contributed by atoms with Crippen molar-refractivity contribution in [1.29, 1.82) is 0 Å². The minimum atomic E-state index is -2.20. The standard InChI is InChI=1S/C29H47ClP2/c1-22-14-18-24(19-15-22)31(26(3,4)5,27(6,7)8)29(12,13)32(30,28(9,10)11)25-20-16-23(2)17-21-25/h14-21H,1-13H3/q+2. The van der Waals surface area contributed by atoms with E-state index in [2.05, 4.69) is 139 Å². The molecule has 178 valence electrons. The maximum Gasteiger partial charge on any atom is 0.198 e. The Morgan fingerprint density at radius 1 is 0.500 bits per heavy atom. The van der Waals surface area contributed by atoms with Gasteiger partial charge in [0.25, 0.3) is 0 Å². The lowest BCUT2D eigenvalue weighted by Gasteiger charge is -2.57. The highest BCUT2D eigenvalue weighted by Crippen LogP contribution is 2.97. The Balaban J connectivity index is 3.10. The van der Waals surface area contributed by atoms with E-state index in [1.165, 1.54) is 21.7 Å². The molecule has 0 spiro atoms. The van der Waals surface area contributed by atoms with Gasteiger partial charge < -0.3 is 0 Å². The van der Waals surface area contributed by atoms with Gasteiger partial charge in [-0.1, -0.05) is 35.4 Å². The van der Waals surface area contributed by atoms with E-state index in [9.17, 15) is 0 Å². The molecule has 0 fully saturated rings.